The lowest BCUT2D eigenvalue weighted by Crippen LogP contribution is -2.46. The van der Waals surface area contributed by atoms with Crippen molar-refractivity contribution in [3.63, 3.8) is 0 Å². The summed E-state index contributed by atoms with van der Waals surface area (Å²) in [6.07, 6.45) is 0. The van der Waals surface area contributed by atoms with Gasteiger partial charge in [-0.3, -0.25) is 4.90 Å². The fourth-order valence-corrected chi connectivity index (χ4v) is 3.20. The zero-order chi connectivity index (χ0) is 13.9. The lowest BCUT2D eigenvalue weighted by Gasteiger charge is -2.35. The van der Waals surface area contributed by atoms with Crippen LogP contribution in [0, 0.1) is 0 Å². The third kappa shape index (κ3) is 3.20. The van der Waals surface area contributed by atoms with Gasteiger partial charge in [0.15, 0.2) is 0 Å². The van der Waals surface area contributed by atoms with Gasteiger partial charge in [-0.05, 0) is 22.4 Å². The second-order valence-electron chi connectivity index (χ2n) is 4.80. The van der Waals surface area contributed by atoms with E-state index in [1.54, 1.807) is 17.4 Å². The number of halogens is 1. The maximum Gasteiger partial charge on any atom is 0.223 e. The maximum atomic E-state index is 5.93. The van der Waals surface area contributed by atoms with Crippen molar-refractivity contribution in [2.75, 3.05) is 36.8 Å². The SMILES string of the molecule is Nc1nc(Cl)cc(N2CCN(Cc3ccsc3)CC2)n1. The Hall–Kier alpha value is -1.37. The number of aromatic nitrogens is 2. The molecule has 0 aromatic carbocycles. The zero-order valence-corrected chi connectivity index (χ0v) is 12.6. The van der Waals surface area contributed by atoms with Crippen molar-refractivity contribution in [3.05, 3.63) is 33.6 Å². The van der Waals surface area contributed by atoms with Crippen molar-refractivity contribution in [2.24, 2.45) is 0 Å². The van der Waals surface area contributed by atoms with Crippen LogP contribution in [-0.2, 0) is 6.54 Å². The summed E-state index contributed by atoms with van der Waals surface area (Å²) >= 11 is 7.67. The van der Waals surface area contributed by atoms with Crippen molar-refractivity contribution in [2.45, 2.75) is 6.54 Å². The number of thiophene rings is 1. The molecule has 0 unspecified atom stereocenters. The number of anilines is 2. The Morgan fingerprint density at radius 3 is 2.70 bits per heavy atom. The molecular formula is C13H16ClN5S. The highest BCUT2D eigenvalue weighted by Gasteiger charge is 2.19. The number of rotatable bonds is 3. The van der Waals surface area contributed by atoms with Crippen LogP contribution in [-0.4, -0.2) is 41.0 Å². The van der Waals surface area contributed by atoms with Crippen LogP contribution in [0.2, 0.25) is 5.15 Å². The Balaban J connectivity index is 1.60. The fourth-order valence-electron chi connectivity index (χ4n) is 2.36. The van der Waals surface area contributed by atoms with E-state index in [1.807, 2.05) is 0 Å². The Bertz CT molecular complexity index is 546. The average Bonchev–Trinajstić information content (AvgIpc) is 2.91. The van der Waals surface area contributed by atoms with E-state index in [0.717, 1.165) is 38.5 Å². The summed E-state index contributed by atoms with van der Waals surface area (Å²) in [6.45, 7) is 4.90. The Labute approximate surface area is 127 Å². The molecular weight excluding hydrogens is 294 g/mol. The molecule has 0 aliphatic carbocycles. The van der Waals surface area contributed by atoms with Crippen LogP contribution in [0.5, 0.6) is 0 Å². The van der Waals surface area contributed by atoms with Crippen LogP contribution in [0.15, 0.2) is 22.9 Å². The number of hydrogen-bond acceptors (Lipinski definition) is 6. The summed E-state index contributed by atoms with van der Waals surface area (Å²) in [5, 5.41) is 4.72. The van der Waals surface area contributed by atoms with Crippen molar-refractivity contribution in [3.8, 4) is 0 Å². The molecule has 106 valence electrons. The maximum absolute atomic E-state index is 5.93. The highest BCUT2D eigenvalue weighted by molar-refractivity contribution is 7.07. The van der Waals surface area contributed by atoms with Gasteiger partial charge < -0.3 is 10.6 Å². The van der Waals surface area contributed by atoms with Gasteiger partial charge in [0, 0.05) is 38.8 Å². The summed E-state index contributed by atoms with van der Waals surface area (Å²) in [5.74, 6) is 1.05. The van der Waals surface area contributed by atoms with Gasteiger partial charge in [0.2, 0.25) is 5.95 Å². The lowest BCUT2D eigenvalue weighted by atomic mass is 10.2. The van der Waals surface area contributed by atoms with Crippen LogP contribution in [0.1, 0.15) is 5.56 Å². The lowest BCUT2D eigenvalue weighted by molar-refractivity contribution is 0.249. The second-order valence-corrected chi connectivity index (χ2v) is 5.97. The third-order valence-electron chi connectivity index (χ3n) is 3.38. The Morgan fingerprint density at radius 1 is 1.25 bits per heavy atom. The third-order valence-corrected chi connectivity index (χ3v) is 4.31. The monoisotopic (exact) mass is 309 g/mol. The molecule has 1 aliphatic heterocycles. The average molecular weight is 310 g/mol. The highest BCUT2D eigenvalue weighted by Crippen LogP contribution is 2.19. The number of piperazine rings is 1. The van der Waals surface area contributed by atoms with E-state index >= 15 is 0 Å². The quantitative estimate of drug-likeness (QED) is 0.880. The zero-order valence-electron chi connectivity index (χ0n) is 11.0. The number of nitrogen functional groups attached to an aromatic ring is 1. The van der Waals surface area contributed by atoms with Crippen molar-refractivity contribution in [1.29, 1.82) is 0 Å². The van der Waals surface area contributed by atoms with Gasteiger partial charge in [-0.15, -0.1) is 0 Å². The first-order valence-corrected chi connectivity index (χ1v) is 7.81. The second kappa shape index (κ2) is 5.95. The van der Waals surface area contributed by atoms with Gasteiger partial charge in [0.05, 0.1) is 0 Å². The number of nitrogens with zero attached hydrogens (tertiary/aromatic N) is 4. The van der Waals surface area contributed by atoms with Crippen molar-refractivity contribution in [1.82, 2.24) is 14.9 Å². The fraction of sp³-hybridized carbons (Fsp3) is 0.385. The van der Waals surface area contributed by atoms with Gasteiger partial charge in [0.25, 0.3) is 0 Å². The Morgan fingerprint density at radius 2 is 2.05 bits per heavy atom. The number of hydrogen-bond donors (Lipinski definition) is 1. The Kier molecular flexibility index (Phi) is 4.05. The summed E-state index contributed by atoms with van der Waals surface area (Å²) in [5.41, 5.74) is 7.03. The molecule has 7 heteroatoms. The smallest absolute Gasteiger partial charge is 0.223 e. The molecule has 0 atom stereocenters. The molecule has 1 aliphatic rings. The summed E-state index contributed by atoms with van der Waals surface area (Å²) in [7, 11) is 0. The van der Waals surface area contributed by atoms with E-state index in [1.165, 1.54) is 5.56 Å². The van der Waals surface area contributed by atoms with Crippen LogP contribution in [0.3, 0.4) is 0 Å². The molecule has 2 N–H and O–H groups in total. The molecule has 1 fully saturated rings. The summed E-state index contributed by atoms with van der Waals surface area (Å²) in [6, 6.07) is 3.95. The van der Waals surface area contributed by atoms with E-state index in [2.05, 4.69) is 36.6 Å². The first-order chi connectivity index (χ1) is 9.70. The molecule has 2 aromatic rings. The first-order valence-electron chi connectivity index (χ1n) is 6.49. The summed E-state index contributed by atoms with van der Waals surface area (Å²) in [4.78, 5) is 12.8. The minimum Gasteiger partial charge on any atom is -0.368 e. The topological polar surface area (TPSA) is 58.3 Å². The van der Waals surface area contributed by atoms with Gasteiger partial charge in [-0.25, -0.2) is 4.98 Å². The predicted molar refractivity (Wildman–Crippen MR) is 83.3 cm³/mol. The van der Waals surface area contributed by atoms with Crippen LogP contribution in [0.4, 0.5) is 11.8 Å². The molecule has 0 radical (unpaired) electrons. The van der Waals surface area contributed by atoms with E-state index in [9.17, 15) is 0 Å². The van der Waals surface area contributed by atoms with Crippen LogP contribution < -0.4 is 10.6 Å². The standard InChI is InChI=1S/C13H16ClN5S/c14-11-7-12(17-13(15)16-11)19-4-2-18(3-5-19)8-10-1-6-20-9-10/h1,6-7,9H,2-5,8H2,(H2,15,16,17). The van der Waals surface area contributed by atoms with E-state index < -0.39 is 0 Å². The molecule has 5 nitrogen and oxygen atoms in total. The minimum absolute atomic E-state index is 0.230. The minimum atomic E-state index is 0.230. The first kappa shape index (κ1) is 13.6. The van der Waals surface area contributed by atoms with E-state index in [-0.39, 0.29) is 5.95 Å². The molecule has 0 amide bonds. The van der Waals surface area contributed by atoms with Gasteiger partial charge >= 0.3 is 0 Å². The molecule has 0 bridgehead atoms. The molecule has 2 aromatic heterocycles. The van der Waals surface area contributed by atoms with Crippen LogP contribution >= 0.6 is 22.9 Å². The molecule has 20 heavy (non-hydrogen) atoms. The van der Waals surface area contributed by atoms with Crippen molar-refractivity contribution < 1.29 is 0 Å². The van der Waals surface area contributed by atoms with E-state index in [0.29, 0.717) is 5.15 Å². The van der Waals surface area contributed by atoms with Gasteiger partial charge in [-0.1, -0.05) is 11.6 Å². The molecule has 3 rings (SSSR count). The largest absolute Gasteiger partial charge is 0.368 e. The normalized spacial score (nSPS) is 16.6. The van der Waals surface area contributed by atoms with Crippen molar-refractivity contribution >= 4 is 34.7 Å². The van der Waals surface area contributed by atoms with Gasteiger partial charge in [0.1, 0.15) is 11.0 Å². The molecule has 3 heterocycles. The molecule has 0 spiro atoms. The predicted octanol–water partition coefficient (Wildman–Crippen LogP) is 2.10. The van der Waals surface area contributed by atoms with Crippen LogP contribution in [0.25, 0.3) is 0 Å². The summed E-state index contributed by atoms with van der Waals surface area (Å²) < 4.78 is 0. The highest BCUT2D eigenvalue weighted by atomic mass is 35.5. The molecule has 0 saturated carbocycles. The van der Waals surface area contributed by atoms with E-state index in [4.69, 9.17) is 17.3 Å². The van der Waals surface area contributed by atoms with Gasteiger partial charge in [-0.2, -0.15) is 16.3 Å². The number of nitrogens with two attached hydrogens (primary N) is 1. The molecule has 1 saturated heterocycles.